The minimum absolute atomic E-state index is 0.671. The third-order valence-corrected chi connectivity index (χ3v) is 7.47. The van der Waals surface area contributed by atoms with Gasteiger partial charge in [-0.25, -0.2) is 0 Å². The quantitative estimate of drug-likeness (QED) is 0.629. The van der Waals surface area contributed by atoms with Crippen LogP contribution >= 0.6 is 40.2 Å². The van der Waals surface area contributed by atoms with E-state index in [1.54, 1.807) is 0 Å². The normalized spacial score (nSPS) is 10.2. The van der Waals surface area contributed by atoms with E-state index in [1.165, 1.54) is 0 Å². The van der Waals surface area contributed by atoms with Crippen LogP contribution in [-0.2, 0) is 18.9 Å². The van der Waals surface area contributed by atoms with E-state index >= 15 is 0 Å². The first-order chi connectivity index (χ1) is 8.58. The summed E-state index contributed by atoms with van der Waals surface area (Å²) in [5.41, 5.74) is 1.95. The standard InChI is InChI=1S/C13H8Cl2.2ClH.Zr/c14-12-5-1-3-10(8-12)7-11-4-2-6-13(15)9-11;;;/h1-6,8-9H;2*1H;/q;;;+2/p-2. The number of rotatable bonds is 2. The number of hydrogen-bond acceptors (Lipinski definition) is 0. The first-order valence-corrected chi connectivity index (χ1v) is 13.5. The van der Waals surface area contributed by atoms with E-state index in [1.807, 2.05) is 48.5 Å². The van der Waals surface area contributed by atoms with E-state index in [2.05, 4.69) is 0 Å². The molecule has 0 saturated carbocycles. The SMILES string of the molecule is Clc1cccc([C](c2cccc(Cl)c2)=[Zr]([Cl])[Cl])c1. The van der Waals surface area contributed by atoms with E-state index in [4.69, 9.17) is 40.2 Å². The van der Waals surface area contributed by atoms with Crippen molar-refractivity contribution in [3.63, 3.8) is 0 Å². The van der Waals surface area contributed by atoms with Crippen molar-refractivity contribution >= 4 is 43.4 Å². The maximum atomic E-state index is 6.26. The van der Waals surface area contributed by atoms with Gasteiger partial charge in [0.25, 0.3) is 0 Å². The number of benzene rings is 2. The zero-order valence-corrected chi connectivity index (χ0v) is 14.6. The van der Waals surface area contributed by atoms with Crippen LogP contribution in [0.2, 0.25) is 10.0 Å². The van der Waals surface area contributed by atoms with Gasteiger partial charge in [-0.05, 0) is 0 Å². The summed E-state index contributed by atoms with van der Waals surface area (Å²) in [7, 11) is 12.5. The molecule has 0 atom stereocenters. The Bertz CT molecular complexity index is 556. The second-order valence-electron chi connectivity index (χ2n) is 3.66. The number of halogens is 4. The molecule has 2 aromatic rings. The van der Waals surface area contributed by atoms with Crippen LogP contribution in [0.25, 0.3) is 0 Å². The molecule has 0 bridgehead atoms. The summed E-state index contributed by atoms with van der Waals surface area (Å²) < 4.78 is 0.991. The van der Waals surface area contributed by atoms with Crippen molar-refractivity contribution < 1.29 is 18.9 Å². The van der Waals surface area contributed by atoms with Crippen LogP contribution in [0, 0.1) is 0 Å². The molecule has 0 nitrogen and oxygen atoms in total. The summed E-state index contributed by atoms with van der Waals surface area (Å²) in [4.78, 5) is 0. The molecule has 0 unspecified atom stereocenters. The summed E-state index contributed by atoms with van der Waals surface area (Å²) in [6, 6.07) is 15.1. The predicted molar refractivity (Wildman–Crippen MR) is 77.8 cm³/mol. The molecule has 0 N–H and O–H groups in total. The fraction of sp³-hybridized carbons (Fsp3) is 0. The second-order valence-corrected chi connectivity index (χ2v) is 12.7. The molecule has 0 saturated heterocycles. The van der Waals surface area contributed by atoms with E-state index < -0.39 is 18.9 Å². The van der Waals surface area contributed by atoms with Gasteiger partial charge in [-0.3, -0.25) is 0 Å². The van der Waals surface area contributed by atoms with Gasteiger partial charge in [-0.15, -0.1) is 0 Å². The van der Waals surface area contributed by atoms with Crippen molar-refractivity contribution in [1.29, 1.82) is 0 Å². The van der Waals surface area contributed by atoms with Crippen LogP contribution < -0.4 is 0 Å². The molecule has 0 aromatic heterocycles. The molecule has 2 rings (SSSR count). The van der Waals surface area contributed by atoms with E-state index in [-0.39, 0.29) is 0 Å². The molecule has 0 aliphatic rings. The van der Waals surface area contributed by atoms with Crippen molar-refractivity contribution in [3.8, 4) is 0 Å². The van der Waals surface area contributed by atoms with Gasteiger partial charge in [0.2, 0.25) is 0 Å². The molecular weight excluding hydrogens is 389 g/mol. The van der Waals surface area contributed by atoms with E-state index in [0.29, 0.717) is 10.0 Å². The van der Waals surface area contributed by atoms with Gasteiger partial charge in [0.15, 0.2) is 0 Å². The second kappa shape index (κ2) is 6.68. The topological polar surface area (TPSA) is 0 Å². The van der Waals surface area contributed by atoms with Gasteiger partial charge < -0.3 is 0 Å². The van der Waals surface area contributed by atoms with Gasteiger partial charge >= 0.3 is 132 Å². The Balaban J connectivity index is 2.59. The molecule has 0 fully saturated rings. The Morgan fingerprint density at radius 3 is 1.56 bits per heavy atom. The van der Waals surface area contributed by atoms with Crippen LogP contribution in [-0.4, -0.2) is 3.21 Å². The molecule has 0 heterocycles. The summed E-state index contributed by atoms with van der Waals surface area (Å²) >= 11 is 9.40. The third-order valence-electron chi connectivity index (χ3n) is 2.42. The van der Waals surface area contributed by atoms with E-state index in [9.17, 15) is 0 Å². The van der Waals surface area contributed by atoms with Crippen molar-refractivity contribution in [2.24, 2.45) is 0 Å². The van der Waals surface area contributed by atoms with Crippen LogP contribution in [0.15, 0.2) is 48.5 Å². The first-order valence-electron chi connectivity index (χ1n) is 5.15. The summed E-state index contributed by atoms with van der Waals surface area (Å²) in [5, 5.41) is 1.34. The van der Waals surface area contributed by atoms with Crippen molar-refractivity contribution in [2.45, 2.75) is 0 Å². The molecule has 0 aliphatic heterocycles. The molecule has 92 valence electrons. The monoisotopic (exact) mass is 394 g/mol. The summed E-state index contributed by atoms with van der Waals surface area (Å²) in [6.07, 6.45) is 0. The predicted octanol–water partition coefficient (Wildman–Crippen LogP) is 5.49. The molecule has 0 spiro atoms. The van der Waals surface area contributed by atoms with E-state index in [0.717, 1.165) is 14.3 Å². The molecule has 2 aromatic carbocycles. The Morgan fingerprint density at radius 2 is 1.22 bits per heavy atom. The zero-order chi connectivity index (χ0) is 13.1. The minimum atomic E-state index is -2.61. The summed E-state index contributed by atoms with van der Waals surface area (Å²) in [5.74, 6) is 0. The fourth-order valence-corrected chi connectivity index (χ4v) is 6.47. The average molecular weight is 397 g/mol. The van der Waals surface area contributed by atoms with Crippen molar-refractivity contribution in [3.05, 3.63) is 69.7 Å². The molecule has 0 radical (unpaired) electrons. The zero-order valence-electron chi connectivity index (χ0n) is 9.13. The van der Waals surface area contributed by atoms with Gasteiger partial charge in [-0.2, -0.15) is 0 Å². The Morgan fingerprint density at radius 1 is 0.778 bits per heavy atom. The molecule has 5 heteroatoms. The fourth-order valence-electron chi connectivity index (χ4n) is 1.67. The molecular formula is C13H8Cl4Zr. The molecule has 0 aliphatic carbocycles. The maximum absolute atomic E-state index is 6.26. The Labute approximate surface area is 131 Å². The number of hydrogen-bond donors (Lipinski definition) is 0. The van der Waals surface area contributed by atoms with Crippen molar-refractivity contribution in [2.75, 3.05) is 0 Å². The third kappa shape index (κ3) is 3.68. The van der Waals surface area contributed by atoms with Crippen LogP contribution in [0.3, 0.4) is 0 Å². The van der Waals surface area contributed by atoms with Crippen LogP contribution in [0.5, 0.6) is 0 Å². The average Bonchev–Trinajstić information content (AvgIpc) is 2.28. The summed E-state index contributed by atoms with van der Waals surface area (Å²) in [6.45, 7) is 0. The van der Waals surface area contributed by atoms with Crippen molar-refractivity contribution in [1.82, 2.24) is 0 Å². The van der Waals surface area contributed by atoms with Gasteiger partial charge in [0.05, 0.1) is 0 Å². The Kier molecular flexibility index (Phi) is 5.48. The molecule has 18 heavy (non-hydrogen) atoms. The van der Waals surface area contributed by atoms with Crippen LogP contribution in [0.4, 0.5) is 0 Å². The van der Waals surface area contributed by atoms with Gasteiger partial charge in [0, 0.05) is 0 Å². The van der Waals surface area contributed by atoms with Gasteiger partial charge in [0.1, 0.15) is 0 Å². The van der Waals surface area contributed by atoms with Gasteiger partial charge in [-0.1, -0.05) is 0 Å². The first kappa shape index (κ1) is 14.8. The van der Waals surface area contributed by atoms with Crippen LogP contribution in [0.1, 0.15) is 11.1 Å². The Hall–Kier alpha value is 0.353. The molecule has 0 amide bonds.